The van der Waals surface area contributed by atoms with Gasteiger partial charge in [0.05, 0.1) is 12.9 Å². The fraction of sp³-hybridized carbons (Fsp3) is 0.833. The second kappa shape index (κ2) is 6.88. The first-order valence-electron chi connectivity index (χ1n) is 5.84. The number of hydrogen-bond donors (Lipinski definition) is 1. The maximum atomic E-state index is 5.08. The third-order valence-corrected chi connectivity index (χ3v) is 3.15. The zero-order valence-corrected chi connectivity index (χ0v) is 9.30. The molecule has 0 amide bonds. The van der Waals surface area contributed by atoms with Crippen LogP contribution in [0.2, 0.25) is 0 Å². The molecule has 1 rings (SSSR count). The van der Waals surface area contributed by atoms with Crippen molar-refractivity contribution in [2.75, 3.05) is 13.2 Å². The van der Waals surface area contributed by atoms with E-state index in [4.69, 9.17) is 4.74 Å². The first kappa shape index (κ1) is 11.6. The van der Waals surface area contributed by atoms with Gasteiger partial charge in [0, 0.05) is 6.04 Å². The summed E-state index contributed by atoms with van der Waals surface area (Å²) >= 11 is 0. The van der Waals surface area contributed by atoms with Gasteiger partial charge in [-0.25, -0.2) is 0 Å². The fourth-order valence-corrected chi connectivity index (χ4v) is 2.32. The average molecular weight is 197 g/mol. The molecule has 2 atom stereocenters. The molecule has 0 spiro atoms. The van der Waals surface area contributed by atoms with Gasteiger partial charge in [-0.2, -0.15) is 0 Å². The van der Waals surface area contributed by atoms with Gasteiger partial charge in [0.15, 0.2) is 0 Å². The maximum absolute atomic E-state index is 5.08. The Kier molecular flexibility index (Phi) is 5.69. The van der Waals surface area contributed by atoms with Crippen molar-refractivity contribution < 1.29 is 4.74 Å². The van der Waals surface area contributed by atoms with Crippen molar-refractivity contribution >= 4 is 0 Å². The van der Waals surface area contributed by atoms with Crippen LogP contribution in [0.5, 0.6) is 0 Å². The van der Waals surface area contributed by atoms with E-state index < -0.39 is 0 Å². The van der Waals surface area contributed by atoms with Gasteiger partial charge < -0.3 is 10.1 Å². The van der Waals surface area contributed by atoms with Gasteiger partial charge in [-0.3, -0.25) is 0 Å². The third kappa shape index (κ3) is 3.70. The fourth-order valence-electron chi connectivity index (χ4n) is 2.32. The van der Waals surface area contributed by atoms with Crippen LogP contribution in [0.15, 0.2) is 12.8 Å². The summed E-state index contributed by atoms with van der Waals surface area (Å²) in [6.07, 6.45) is 8.10. The lowest BCUT2D eigenvalue weighted by Gasteiger charge is -2.19. The van der Waals surface area contributed by atoms with Crippen LogP contribution in [0, 0.1) is 5.92 Å². The molecule has 2 unspecified atom stereocenters. The molecule has 1 aliphatic rings. The van der Waals surface area contributed by atoms with Crippen molar-refractivity contribution in [2.24, 2.45) is 5.92 Å². The smallest absolute Gasteiger partial charge is 0.0885 e. The highest BCUT2D eigenvalue weighted by Gasteiger charge is 2.24. The average Bonchev–Trinajstić information content (AvgIpc) is 2.65. The Morgan fingerprint density at radius 3 is 3.07 bits per heavy atom. The summed E-state index contributed by atoms with van der Waals surface area (Å²) < 4.78 is 5.08. The lowest BCUT2D eigenvalue weighted by atomic mass is 10.0. The monoisotopic (exact) mass is 197 g/mol. The minimum atomic E-state index is 0.767. The van der Waals surface area contributed by atoms with Crippen LogP contribution in [0.1, 0.15) is 39.0 Å². The molecule has 0 bridgehead atoms. The van der Waals surface area contributed by atoms with Crippen molar-refractivity contribution in [3.8, 4) is 0 Å². The molecule has 0 heterocycles. The zero-order chi connectivity index (χ0) is 10.2. The summed E-state index contributed by atoms with van der Waals surface area (Å²) in [5.41, 5.74) is 0. The van der Waals surface area contributed by atoms with Crippen LogP contribution >= 0.6 is 0 Å². The van der Waals surface area contributed by atoms with E-state index in [1.165, 1.54) is 31.9 Å². The lowest BCUT2D eigenvalue weighted by Crippen LogP contribution is -2.33. The van der Waals surface area contributed by atoms with Crippen LogP contribution in [-0.2, 0) is 4.74 Å². The molecular formula is C12H23NO. The Hall–Kier alpha value is -0.500. The SMILES string of the molecule is C=COCCCNC1CCCC1CC. The Morgan fingerprint density at radius 2 is 2.36 bits per heavy atom. The number of rotatable bonds is 7. The maximum Gasteiger partial charge on any atom is 0.0885 e. The largest absolute Gasteiger partial charge is 0.502 e. The molecule has 0 radical (unpaired) electrons. The van der Waals surface area contributed by atoms with Gasteiger partial charge in [-0.1, -0.05) is 26.3 Å². The molecule has 1 N–H and O–H groups in total. The van der Waals surface area contributed by atoms with Crippen molar-refractivity contribution in [1.29, 1.82) is 0 Å². The van der Waals surface area contributed by atoms with E-state index in [-0.39, 0.29) is 0 Å². The molecule has 1 saturated carbocycles. The van der Waals surface area contributed by atoms with E-state index in [1.807, 2.05) is 0 Å². The molecule has 0 saturated heterocycles. The zero-order valence-electron chi connectivity index (χ0n) is 9.30. The predicted molar refractivity (Wildman–Crippen MR) is 60.2 cm³/mol. The molecule has 14 heavy (non-hydrogen) atoms. The summed E-state index contributed by atoms with van der Waals surface area (Å²) in [5.74, 6) is 0.912. The van der Waals surface area contributed by atoms with E-state index in [0.717, 1.165) is 31.5 Å². The normalized spacial score (nSPS) is 26.4. The predicted octanol–water partition coefficient (Wildman–Crippen LogP) is 2.70. The quantitative estimate of drug-likeness (QED) is 0.500. The molecule has 0 aliphatic heterocycles. The highest BCUT2D eigenvalue weighted by molar-refractivity contribution is 4.81. The van der Waals surface area contributed by atoms with E-state index >= 15 is 0 Å². The highest BCUT2D eigenvalue weighted by Crippen LogP contribution is 2.27. The van der Waals surface area contributed by atoms with Crippen molar-refractivity contribution in [3.63, 3.8) is 0 Å². The van der Waals surface area contributed by atoms with Gasteiger partial charge in [-0.05, 0) is 31.7 Å². The number of nitrogens with one attached hydrogen (secondary N) is 1. The molecule has 0 aromatic rings. The summed E-state index contributed by atoms with van der Waals surface area (Å²) in [5, 5.41) is 3.63. The highest BCUT2D eigenvalue weighted by atomic mass is 16.5. The second-order valence-electron chi connectivity index (χ2n) is 4.05. The standard InChI is InChI=1S/C12H23NO/c1-3-11-7-5-8-12(11)13-9-6-10-14-4-2/h4,11-13H,2-3,5-10H2,1H3. The van der Waals surface area contributed by atoms with E-state index in [2.05, 4.69) is 18.8 Å². The van der Waals surface area contributed by atoms with Crippen molar-refractivity contribution in [1.82, 2.24) is 5.32 Å². The lowest BCUT2D eigenvalue weighted by molar-refractivity contribution is 0.240. The Labute approximate surface area is 87.7 Å². The molecule has 0 aromatic heterocycles. The van der Waals surface area contributed by atoms with Gasteiger partial charge in [-0.15, -0.1) is 0 Å². The second-order valence-corrected chi connectivity index (χ2v) is 4.05. The van der Waals surface area contributed by atoms with Crippen LogP contribution in [0.3, 0.4) is 0 Å². The number of hydrogen-bond acceptors (Lipinski definition) is 2. The van der Waals surface area contributed by atoms with E-state index in [0.29, 0.717) is 0 Å². The molecule has 2 nitrogen and oxygen atoms in total. The van der Waals surface area contributed by atoms with Crippen molar-refractivity contribution in [3.05, 3.63) is 12.8 Å². The molecule has 0 aromatic carbocycles. The molecular weight excluding hydrogens is 174 g/mol. The van der Waals surface area contributed by atoms with Gasteiger partial charge in [0.2, 0.25) is 0 Å². The topological polar surface area (TPSA) is 21.3 Å². The summed E-state index contributed by atoms with van der Waals surface area (Å²) in [4.78, 5) is 0. The summed E-state index contributed by atoms with van der Waals surface area (Å²) in [7, 11) is 0. The minimum Gasteiger partial charge on any atom is -0.502 e. The van der Waals surface area contributed by atoms with Gasteiger partial charge in [0.1, 0.15) is 0 Å². The molecule has 1 aliphatic carbocycles. The Morgan fingerprint density at radius 1 is 1.50 bits per heavy atom. The van der Waals surface area contributed by atoms with Gasteiger partial charge in [0.25, 0.3) is 0 Å². The van der Waals surface area contributed by atoms with Crippen LogP contribution in [0.25, 0.3) is 0 Å². The van der Waals surface area contributed by atoms with Crippen molar-refractivity contribution in [2.45, 2.75) is 45.1 Å². The summed E-state index contributed by atoms with van der Waals surface area (Å²) in [6.45, 7) is 7.69. The third-order valence-electron chi connectivity index (χ3n) is 3.15. The molecule has 2 heteroatoms. The van der Waals surface area contributed by atoms with Crippen LogP contribution in [0.4, 0.5) is 0 Å². The van der Waals surface area contributed by atoms with E-state index in [9.17, 15) is 0 Å². The van der Waals surface area contributed by atoms with Crippen LogP contribution in [-0.4, -0.2) is 19.2 Å². The van der Waals surface area contributed by atoms with E-state index in [1.54, 1.807) is 0 Å². The molecule has 82 valence electrons. The first-order valence-corrected chi connectivity index (χ1v) is 5.84. The number of ether oxygens (including phenoxy) is 1. The molecule has 1 fully saturated rings. The van der Waals surface area contributed by atoms with Crippen LogP contribution < -0.4 is 5.32 Å². The Bertz CT molecular complexity index is 158. The summed E-state index contributed by atoms with van der Waals surface area (Å²) in [6, 6.07) is 0.767. The Balaban J connectivity index is 2.02. The van der Waals surface area contributed by atoms with Gasteiger partial charge >= 0.3 is 0 Å². The first-order chi connectivity index (χ1) is 6.88. The minimum absolute atomic E-state index is 0.767.